The fourth-order valence-electron chi connectivity index (χ4n) is 1.73. The Morgan fingerprint density at radius 3 is 2.53 bits per heavy atom. The van der Waals surface area contributed by atoms with E-state index in [4.69, 9.17) is 4.74 Å². The molecule has 2 atom stereocenters. The van der Waals surface area contributed by atoms with Crippen LogP contribution in [0.25, 0.3) is 0 Å². The summed E-state index contributed by atoms with van der Waals surface area (Å²) in [5.74, 6) is -0.347. The number of rotatable bonds is 7. The van der Waals surface area contributed by atoms with Crippen LogP contribution in [0.15, 0.2) is 24.3 Å². The van der Waals surface area contributed by atoms with Gasteiger partial charge in [-0.25, -0.2) is 4.39 Å². The maximum atomic E-state index is 12.8. The van der Waals surface area contributed by atoms with Crippen LogP contribution in [0.2, 0.25) is 0 Å². The van der Waals surface area contributed by atoms with Crippen LogP contribution >= 0.6 is 0 Å². The molecule has 0 aliphatic heterocycles. The van der Waals surface area contributed by atoms with E-state index in [0.29, 0.717) is 6.61 Å². The van der Waals surface area contributed by atoms with Crippen molar-refractivity contribution in [3.63, 3.8) is 0 Å². The molecule has 1 amide bonds. The zero-order chi connectivity index (χ0) is 14.3. The smallest absolute Gasteiger partial charge is 0.234 e. The number of halogens is 1. The summed E-state index contributed by atoms with van der Waals surface area (Å²) >= 11 is 0. The van der Waals surface area contributed by atoms with Crippen molar-refractivity contribution in [3.05, 3.63) is 35.6 Å². The number of hydrogen-bond acceptors (Lipinski definition) is 3. The zero-order valence-corrected chi connectivity index (χ0v) is 11.6. The topological polar surface area (TPSA) is 50.4 Å². The first-order valence-electron chi connectivity index (χ1n) is 6.30. The van der Waals surface area contributed by atoms with Crippen molar-refractivity contribution in [3.8, 4) is 0 Å². The Bertz CT molecular complexity index is 395. The molecule has 0 aromatic heterocycles. The minimum atomic E-state index is -0.262. The van der Waals surface area contributed by atoms with Crippen LogP contribution in [0.5, 0.6) is 0 Å². The van der Waals surface area contributed by atoms with Crippen molar-refractivity contribution in [2.75, 3.05) is 20.3 Å². The molecular weight excluding hydrogens is 247 g/mol. The third kappa shape index (κ3) is 5.81. The molecule has 2 N–H and O–H groups in total. The lowest BCUT2D eigenvalue weighted by Gasteiger charge is -2.16. The molecular formula is C14H21FN2O2. The second-order valence-electron chi connectivity index (χ2n) is 4.58. The molecule has 0 saturated heterocycles. The van der Waals surface area contributed by atoms with Gasteiger partial charge in [0.2, 0.25) is 5.91 Å². The molecule has 1 rings (SSSR count). The third-order valence-electron chi connectivity index (χ3n) is 2.76. The van der Waals surface area contributed by atoms with Crippen LogP contribution in [0.3, 0.4) is 0 Å². The summed E-state index contributed by atoms with van der Waals surface area (Å²) in [6, 6.07) is 6.21. The first kappa shape index (κ1) is 15.6. The molecule has 0 aliphatic rings. The number of carbonyl (C=O) groups is 1. The molecule has 106 valence electrons. The number of amides is 1. The number of hydrogen-bond donors (Lipinski definition) is 2. The van der Waals surface area contributed by atoms with Gasteiger partial charge >= 0.3 is 0 Å². The SMILES string of the molecule is COCC(C)NC(=O)CNC(C)c1ccc(F)cc1. The van der Waals surface area contributed by atoms with E-state index in [-0.39, 0.29) is 30.4 Å². The lowest BCUT2D eigenvalue weighted by atomic mass is 10.1. The highest BCUT2D eigenvalue weighted by Gasteiger charge is 2.10. The highest BCUT2D eigenvalue weighted by molar-refractivity contribution is 5.78. The summed E-state index contributed by atoms with van der Waals surface area (Å²) < 4.78 is 17.7. The quantitative estimate of drug-likeness (QED) is 0.790. The van der Waals surface area contributed by atoms with E-state index >= 15 is 0 Å². The molecule has 0 aliphatic carbocycles. The monoisotopic (exact) mass is 268 g/mol. The van der Waals surface area contributed by atoms with Crippen LogP contribution in [-0.2, 0) is 9.53 Å². The minimum Gasteiger partial charge on any atom is -0.383 e. The molecule has 0 saturated carbocycles. The molecule has 19 heavy (non-hydrogen) atoms. The Kier molecular flexibility index (Phi) is 6.45. The predicted molar refractivity (Wildman–Crippen MR) is 72.3 cm³/mol. The summed E-state index contributed by atoms with van der Waals surface area (Å²) in [7, 11) is 1.59. The van der Waals surface area contributed by atoms with E-state index in [1.807, 2.05) is 13.8 Å². The number of carbonyl (C=O) groups excluding carboxylic acids is 1. The Labute approximate surface area is 113 Å². The van der Waals surface area contributed by atoms with Gasteiger partial charge < -0.3 is 15.4 Å². The van der Waals surface area contributed by atoms with Gasteiger partial charge in [-0.2, -0.15) is 0 Å². The summed E-state index contributed by atoms with van der Waals surface area (Å²) in [6.07, 6.45) is 0. The third-order valence-corrected chi connectivity index (χ3v) is 2.76. The number of benzene rings is 1. The molecule has 0 spiro atoms. The fourth-order valence-corrected chi connectivity index (χ4v) is 1.73. The van der Waals surface area contributed by atoms with Crippen LogP contribution in [0.1, 0.15) is 25.5 Å². The molecule has 1 aromatic carbocycles. The molecule has 4 nitrogen and oxygen atoms in total. The van der Waals surface area contributed by atoms with E-state index in [0.717, 1.165) is 5.56 Å². The van der Waals surface area contributed by atoms with Crippen molar-refractivity contribution in [2.24, 2.45) is 0 Å². The average molecular weight is 268 g/mol. The molecule has 2 unspecified atom stereocenters. The van der Waals surface area contributed by atoms with Crippen LogP contribution in [0, 0.1) is 5.82 Å². The fraction of sp³-hybridized carbons (Fsp3) is 0.500. The summed E-state index contributed by atoms with van der Waals surface area (Å²) in [4.78, 5) is 11.6. The predicted octanol–water partition coefficient (Wildman–Crippen LogP) is 1.63. The van der Waals surface area contributed by atoms with Crippen molar-refractivity contribution in [1.29, 1.82) is 0 Å². The highest BCUT2D eigenvalue weighted by Crippen LogP contribution is 2.12. The van der Waals surface area contributed by atoms with Gasteiger partial charge in [0.25, 0.3) is 0 Å². The lowest BCUT2D eigenvalue weighted by molar-refractivity contribution is -0.121. The van der Waals surface area contributed by atoms with Crippen molar-refractivity contribution >= 4 is 5.91 Å². The molecule has 0 heterocycles. The Balaban J connectivity index is 2.35. The van der Waals surface area contributed by atoms with Crippen LogP contribution in [-0.4, -0.2) is 32.2 Å². The van der Waals surface area contributed by atoms with E-state index in [1.165, 1.54) is 12.1 Å². The maximum absolute atomic E-state index is 12.8. The van der Waals surface area contributed by atoms with Crippen molar-refractivity contribution < 1.29 is 13.9 Å². The number of nitrogens with one attached hydrogen (secondary N) is 2. The molecule has 0 radical (unpaired) electrons. The Morgan fingerprint density at radius 2 is 1.95 bits per heavy atom. The second kappa shape index (κ2) is 7.86. The Hall–Kier alpha value is -1.46. The van der Waals surface area contributed by atoms with Gasteiger partial charge in [0.15, 0.2) is 0 Å². The van der Waals surface area contributed by atoms with Gasteiger partial charge in [0, 0.05) is 19.2 Å². The van der Waals surface area contributed by atoms with Gasteiger partial charge in [0.1, 0.15) is 5.82 Å². The Morgan fingerprint density at radius 1 is 1.32 bits per heavy atom. The van der Waals surface area contributed by atoms with E-state index < -0.39 is 0 Å². The van der Waals surface area contributed by atoms with Gasteiger partial charge in [-0.05, 0) is 31.5 Å². The highest BCUT2D eigenvalue weighted by atomic mass is 19.1. The summed E-state index contributed by atoms with van der Waals surface area (Å²) in [5, 5.41) is 5.90. The normalized spacial score (nSPS) is 13.9. The number of ether oxygens (including phenoxy) is 1. The molecule has 1 aromatic rings. The standard InChI is InChI=1S/C14H21FN2O2/c1-10(9-19-3)17-14(18)8-16-11(2)12-4-6-13(15)7-5-12/h4-7,10-11,16H,8-9H2,1-3H3,(H,17,18). The van der Waals surface area contributed by atoms with Gasteiger partial charge in [-0.3, -0.25) is 4.79 Å². The second-order valence-corrected chi connectivity index (χ2v) is 4.58. The van der Waals surface area contributed by atoms with Crippen molar-refractivity contribution in [1.82, 2.24) is 10.6 Å². The maximum Gasteiger partial charge on any atom is 0.234 e. The van der Waals surface area contributed by atoms with Gasteiger partial charge in [0.05, 0.1) is 13.2 Å². The molecule has 0 fully saturated rings. The zero-order valence-electron chi connectivity index (χ0n) is 11.6. The van der Waals surface area contributed by atoms with Crippen LogP contribution in [0.4, 0.5) is 4.39 Å². The van der Waals surface area contributed by atoms with E-state index in [9.17, 15) is 9.18 Å². The average Bonchev–Trinajstić information content (AvgIpc) is 2.37. The minimum absolute atomic E-state index is 0.0101. The van der Waals surface area contributed by atoms with Crippen molar-refractivity contribution in [2.45, 2.75) is 25.9 Å². The summed E-state index contributed by atoms with van der Waals surface area (Å²) in [6.45, 7) is 4.51. The number of methoxy groups -OCH3 is 1. The lowest BCUT2D eigenvalue weighted by Crippen LogP contribution is -2.41. The van der Waals surface area contributed by atoms with E-state index in [1.54, 1.807) is 19.2 Å². The molecule has 0 bridgehead atoms. The molecule has 5 heteroatoms. The van der Waals surface area contributed by atoms with Crippen LogP contribution < -0.4 is 10.6 Å². The van der Waals surface area contributed by atoms with Gasteiger partial charge in [-0.15, -0.1) is 0 Å². The van der Waals surface area contributed by atoms with Gasteiger partial charge in [-0.1, -0.05) is 12.1 Å². The summed E-state index contributed by atoms with van der Waals surface area (Å²) in [5.41, 5.74) is 0.944. The first-order valence-corrected chi connectivity index (χ1v) is 6.30. The largest absolute Gasteiger partial charge is 0.383 e. The van der Waals surface area contributed by atoms with E-state index in [2.05, 4.69) is 10.6 Å². The first-order chi connectivity index (χ1) is 9.02.